The maximum Gasteiger partial charge on any atom is 0.320 e. The molecule has 2 fully saturated rings. The summed E-state index contributed by atoms with van der Waals surface area (Å²) in [5.41, 5.74) is 2.58. The Bertz CT molecular complexity index is 1070. The summed E-state index contributed by atoms with van der Waals surface area (Å²) in [5, 5.41) is 5.84. The van der Waals surface area contributed by atoms with Crippen molar-refractivity contribution in [2.75, 3.05) is 54.5 Å². The Morgan fingerprint density at radius 3 is 2.53 bits per heavy atom. The van der Waals surface area contributed by atoms with Crippen LogP contribution in [0.2, 0.25) is 0 Å². The van der Waals surface area contributed by atoms with E-state index < -0.39 is 0 Å². The zero-order valence-corrected chi connectivity index (χ0v) is 20.0. The number of morpholine rings is 1. The first kappa shape index (κ1) is 23.7. The van der Waals surface area contributed by atoms with Crippen LogP contribution in [-0.2, 0) is 4.74 Å². The lowest BCUT2D eigenvalue weighted by Crippen LogP contribution is -2.46. The number of pyridine rings is 1. The molecule has 3 aromatic rings. The second-order valence-corrected chi connectivity index (χ2v) is 8.14. The van der Waals surface area contributed by atoms with Crippen molar-refractivity contribution < 1.29 is 9.53 Å². The molecule has 11 heteroatoms. The van der Waals surface area contributed by atoms with E-state index >= 15 is 0 Å². The number of piperidine rings is 1. The number of carbonyl (C=O) groups excluding carboxylic acids is 1. The third-order valence-corrected chi connectivity index (χ3v) is 5.85. The topological polar surface area (TPSA) is 124 Å². The van der Waals surface area contributed by atoms with E-state index in [1.54, 1.807) is 18.6 Å². The first-order chi connectivity index (χ1) is 16.7. The molecule has 3 N–H and O–H groups in total. The number of H-pyrrole nitrogens is 1. The van der Waals surface area contributed by atoms with Crippen molar-refractivity contribution in [2.45, 2.75) is 39.7 Å². The van der Waals surface area contributed by atoms with Gasteiger partial charge in [0.1, 0.15) is 17.7 Å². The highest BCUT2D eigenvalue weighted by molar-refractivity contribution is 5.88. The lowest BCUT2D eigenvalue weighted by atomic mass is 10.1. The molecular weight excluding hydrogens is 434 g/mol. The smallest absolute Gasteiger partial charge is 0.320 e. The van der Waals surface area contributed by atoms with Gasteiger partial charge in [0.15, 0.2) is 11.5 Å². The average molecular weight is 468 g/mol. The summed E-state index contributed by atoms with van der Waals surface area (Å²) >= 11 is 0. The number of ether oxygens (including phenoxy) is 1. The van der Waals surface area contributed by atoms with Gasteiger partial charge in [0.25, 0.3) is 0 Å². The zero-order valence-electron chi connectivity index (χ0n) is 20.0. The molecule has 0 aromatic carbocycles. The number of hydrogen-bond donors (Lipinski definition) is 3. The molecule has 0 aliphatic carbocycles. The fraction of sp³-hybridized carbons (Fsp3) is 0.522. The SMILES string of the molecule is CC.Cc1ccc(NC(=O)NC2CCN(c3nc4ncnc(N5CCOCC5)c4[nH]3)CC2)nc1. The third-order valence-electron chi connectivity index (χ3n) is 5.85. The minimum atomic E-state index is -0.228. The molecule has 5 rings (SSSR count). The van der Waals surface area contributed by atoms with Gasteiger partial charge >= 0.3 is 6.03 Å². The number of amides is 2. The molecule has 182 valence electrons. The van der Waals surface area contributed by atoms with E-state index in [0.29, 0.717) is 24.7 Å². The normalized spacial score (nSPS) is 16.7. The molecule has 2 amide bonds. The largest absolute Gasteiger partial charge is 0.378 e. The van der Waals surface area contributed by atoms with Gasteiger partial charge in [-0.25, -0.2) is 19.7 Å². The van der Waals surface area contributed by atoms with Crippen LogP contribution < -0.4 is 20.4 Å². The van der Waals surface area contributed by atoms with Gasteiger partial charge < -0.3 is 24.8 Å². The van der Waals surface area contributed by atoms with Crippen molar-refractivity contribution in [3.05, 3.63) is 30.2 Å². The van der Waals surface area contributed by atoms with Crippen molar-refractivity contribution in [1.82, 2.24) is 30.2 Å². The molecular formula is C23H33N9O2. The van der Waals surface area contributed by atoms with Crippen molar-refractivity contribution in [3.8, 4) is 0 Å². The van der Waals surface area contributed by atoms with E-state index in [9.17, 15) is 4.79 Å². The zero-order chi connectivity index (χ0) is 23.9. The summed E-state index contributed by atoms with van der Waals surface area (Å²) < 4.78 is 5.45. The summed E-state index contributed by atoms with van der Waals surface area (Å²) in [6.07, 6.45) is 4.95. The van der Waals surface area contributed by atoms with E-state index in [0.717, 1.165) is 61.9 Å². The fourth-order valence-corrected chi connectivity index (χ4v) is 4.08. The molecule has 0 bridgehead atoms. The number of aromatic amines is 1. The average Bonchev–Trinajstić information content (AvgIpc) is 3.32. The Morgan fingerprint density at radius 2 is 1.82 bits per heavy atom. The molecule has 0 unspecified atom stereocenters. The standard InChI is InChI=1S/C21H27N9O2.C2H6/c1-14-2-3-16(22-12-14)26-21(31)25-15-4-6-30(7-5-15)20-27-17-18(28-20)23-13-24-19(17)29-8-10-32-11-9-29;1-2/h2-3,12-13,15H,4-11H2,1H3,(H2,22,25,26,31)(H,23,24,27,28);1-2H3. The van der Waals surface area contributed by atoms with Gasteiger partial charge in [-0.05, 0) is 31.4 Å². The quantitative estimate of drug-likeness (QED) is 0.535. The van der Waals surface area contributed by atoms with Crippen molar-refractivity contribution >= 4 is 34.8 Å². The highest BCUT2D eigenvalue weighted by atomic mass is 16.5. The maximum absolute atomic E-state index is 12.3. The van der Waals surface area contributed by atoms with E-state index in [-0.39, 0.29) is 12.1 Å². The van der Waals surface area contributed by atoms with E-state index in [2.05, 4.69) is 40.4 Å². The van der Waals surface area contributed by atoms with Gasteiger partial charge in [-0.1, -0.05) is 19.9 Å². The number of aromatic nitrogens is 5. The summed E-state index contributed by atoms with van der Waals surface area (Å²) in [6.45, 7) is 10.5. The number of carbonyl (C=O) groups is 1. The van der Waals surface area contributed by atoms with Gasteiger partial charge in [-0.3, -0.25) is 5.32 Å². The van der Waals surface area contributed by atoms with Crippen LogP contribution >= 0.6 is 0 Å². The monoisotopic (exact) mass is 467 g/mol. The predicted octanol–water partition coefficient (Wildman–Crippen LogP) is 2.71. The van der Waals surface area contributed by atoms with Crippen LogP contribution in [0, 0.1) is 6.92 Å². The summed E-state index contributed by atoms with van der Waals surface area (Å²) in [4.78, 5) is 37.9. The third kappa shape index (κ3) is 5.53. The summed E-state index contributed by atoms with van der Waals surface area (Å²) in [7, 11) is 0. The van der Waals surface area contributed by atoms with Crippen LogP contribution in [0.1, 0.15) is 32.3 Å². The Labute approximate surface area is 199 Å². The van der Waals surface area contributed by atoms with Crippen LogP contribution in [0.5, 0.6) is 0 Å². The van der Waals surface area contributed by atoms with Gasteiger partial charge in [-0.2, -0.15) is 4.98 Å². The highest BCUT2D eigenvalue weighted by Gasteiger charge is 2.24. The first-order valence-electron chi connectivity index (χ1n) is 11.9. The van der Waals surface area contributed by atoms with Crippen LogP contribution in [-0.4, -0.2) is 76.4 Å². The molecule has 5 heterocycles. The fourth-order valence-electron chi connectivity index (χ4n) is 4.08. The first-order valence-corrected chi connectivity index (χ1v) is 11.9. The number of rotatable bonds is 4. The number of imidazole rings is 1. The van der Waals surface area contributed by atoms with Gasteiger partial charge in [0, 0.05) is 38.4 Å². The molecule has 0 radical (unpaired) electrons. The number of nitrogens with zero attached hydrogens (tertiary/aromatic N) is 6. The minimum absolute atomic E-state index is 0.102. The van der Waals surface area contributed by atoms with Crippen molar-refractivity contribution in [1.29, 1.82) is 0 Å². The van der Waals surface area contributed by atoms with E-state index in [4.69, 9.17) is 9.72 Å². The predicted molar refractivity (Wildman–Crippen MR) is 132 cm³/mol. The number of anilines is 3. The van der Waals surface area contributed by atoms with Crippen molar-refractivity contribution in [3.63, 3.8) is 0 Å². The Balaban J connectivity index is 0.00000133. The second kappa shape index (κ2) is 11.1. The maximum atomic E-state index is 12.3. The van der Waals surface area contributed by atoms with Gasteiger partial charge in [0.05, 0.1) is 13.2 Å². The lowest BCUT2D eigenvalue weighted by Gasteiger charge is -2.32. The Hall–Kier alpha value is -3.47. The van der Waals surface area contributed by atoms with Crippen LogP contribution in [0.4, 0.5) is 22.4 Å². The molecule has 2 aliphatic rings. The molecule has 34 heavy (non-hydrogen) atoms. The molecule has 0 saturated carbocycles. The Morgan fingerprint density at radius 1 is 1.06 bits per heavy atom. The van der Waals surface area contributed by atoms with Crippen LogP contribution in [0.15, 0.2) is 24.7 Å². The number of nitrogens with one attached hydrogen (secondary N) is 3. The molecule has 0 atom stereocenters. The minimum Gasteiger partial charge on any atom is -0.378 e. The number of hydrogen-bond acceptors (Lipinski definition) is 8. The highest BCUT2D eigenvalue weighted by Crippen LogP contribution is 2.26. The van der Waals surface area contributed by atoms with Crippen molar-refractivity contribution in [2.24, 2.45) is 0 Å². The molecule has 3 aromatic heterocycles. The molecule has 2 saturated heterocycles. The molecule has 11 nitrogen and oxygen atoms in total. The van der Waals surface area contributed by atoms with Gasteiger partial charge in [0.2, 0.25) is 5.95 Å². The van der Waals surface area contributed by atoms with Gasteiger partial charge in [-0.15, -0.1) is 0 Å². The number of aryl methyl sites for hydroxylation is 1. The lowest BCUT2D eigenvalue weighted by molar-refractivity contribution is 0.122. The number of urea groups is 1. The van der Waals surface area contributed by atoms with Crippen LogP contribution in [0.3, 0.4) is 0 Å². The molecule has 0 spiro atoms. The van der Waals surface area contributed by atoms with Crippen LogP contribution in [0.25, 0.3) is 11.2 Å². The number of fused-ring (bicyclic) bond motifs is 1. The summed E-state index contributed by atoms with van der Waals surface area (Å²) in [5.74, 6) is 2.21. The second-order valence-electron chi connectivity index (χ2n) is 8.14. The summed E-state index contributed by atoms with van der Waals surface area (Å²) in [6, 6.07) is 3.59. The van der Waals surface area contributed by atoms with E-state index in [1.165, 1.54) is 0 Å². The molecule has 2 aliphatic heterocycles. The Kier molecular flexibility index (Phi) is 7.73. The van der Waals surface area contributed by atoms with E-state index in [1.807, 2.05) is 26.8 Å².